The summed E-state index contributed by atoms with van der Waals surface area (Å²) in [7, 11) is -3.85. The molecule has 3 N–H and O–H groups in total. The Bertz CT molecular complexity index is 643. The van der Waals surface area contributed by atoms with Crippen molar-refractivity contribution in [1.82, 2.24) is 5.32 Å². The SMILES string of the molecule is Cc1c(C(=O)NC2CC2C)cc(Br)cc1S(N)(=O)=O. The van der Waals surface area contributed by atoms with Crippen LogP contribution in [0.15, 0.2) is 21.5 Å². The first kappa shape index (κ1) is 14.5. The Morgan fingerprint density at radius 3 is 2.53 bits per heavy atom. The second-order valence-corrected chi connectivity index (χ2v) is 7.36. The number of carbonyl (C=O) groups is 1. The smallest absolute Gasteiger partial charge is 0.251 e. The van der Waals surface area contributed by atoms with Crippen LogP contribution in [0.5, 0.6) is 0 Å². The molecule has 2 atom stereocenters. The van der Waals surface area contributed by atoms with Gasteiger partial charge in [-0.1, -0.05) is 22.9 Å². The summed E-state index contributed by atoms with van der Waals surface area (Å²) >= 11 is 3.20. The lowest BCUT2D eigenvalue weighted by Crippen LogP contribution is -2.28. The highest BCUT2D eigenvalue weighted by Crippen LogP contribution is 2.30. The van der Waals surface area contributed by atoms with Gasteiger partial charge < -0.3 is 5.32 Å². The van der Waals surface area contributed by atoms with E-state index in [9.17, 15) is 13.2 Å². The quantitative estimate of drug-likeness (QED) is 0.869. The number of hydrogen-bond donors (Lipinski definition) is 2. The Hall–Kier alpha value is -0.920. The number of halogens is 1. The van der Waals surface area contributed by atoms with Gasteiger partial charge in [0.25, 0.3) is 5.91 Å². The van der Waals surface area contributed by atoms with E-state index in [1.54, 1.807) is 13.0 Å². The number of hydrogen-bond acceptors (Lipinski definition) is 3. The summed E-state index contributed by atoms with van der Waals surface area (Å²) < 4.78 is 23.5. The van der Waals surface area contributed by atoms with Gasteiger partial charge >= 0.3 is 0 Å². The molecule has 5 nitrogen and oxygen atoms in total. The normalized spacial score (nSPS) is 22.1. The second-order valence-electron chi connectivity index (χ2n) is 4.91. The van der Waals surface area contributed by atoms with E-state index < -0.39 is 10.0 Å². The van der Waals surface area contributed by atoms with Crippen LogP contribution in [0.3, 0.4) is 0 Å². The van der Waals surface area contributed by atoms with Gasteiger partial charge in [-0.05, 0) is 37.0 Å². The zero-order chi connectivity index (χ0) is 14.4. The molecule has 0 aromatic heterocycles. The molecule has 0 radical (unpaired) electrons. The maximum Gasteiger partial charge on any atom is 0.251 e. The van der Waals surface area contributed by atoms with E-state index in [0.29, 0.717) is 21.5 Å². The fourth-order valence-electron chi connectivity index (χ4n) is 1.95. The largest absolute Gasteiger partial charge is 0.349 e. The number of carbonyl (C=O) groups excluding carboxylic acids is 1. The van der Waals surface area contributed by atoms with E-state index in [4.69, 9.17) is 5.14 Å². The Morgan fingerprint density at radius 2 is 2.05 bits per heavy atom. The highest BCUT2D eigenvalue weighted by Gasteiger charge is 2.34. The molecule has 1 aromatic carbocycles. The minimum absolute atomic E-state index is 0.0316. The number of benzene rings is 1. The van der Waals surface area contributed by atoms with E-state index in [0.717, 1.165) is 6.42 Å². The number of rotatable bonds is 3. The van der Waals surface area contributed by atoms with Crippen molar-refractivity contribution in [3.05, 3.63) is 27.7 Å². The maximum absolute atomic E-state index is 12.1. The summed E-state index contributed by atoms with van der Waals surface area (Å²) in [6.45, 7) is 3.63. The zero-order valence-corrected chi connectivity index (χ0v) is 13.0. The van der Waals surface area contributed by atoms with Crippen molar-refractivity contribution >= 4 is 31.9 Å². The van der Waals surface area contributed by atoms with Gasteiger partial charge in [-0.25, -0.2) is 13.6 Å². The third-order valence-corrected chi connectivity index (χ3v) is 4.80. The van der Waals surface area contributed by atoms with Crippen molar-refractivity contribution in [2.45, 2.75) is 31.2 Å². The monoisotopic (exact) mass is 346 g/mol. The maximum atomic E-state index is 12.1. The summed E-state index contributed by atoms with van der Waals surface area (Å²) in [4.78, 5) is 12.1. The topological polar surface area (TPSA) is 89.3 Å². The molecule has 2 unspecified atom stereocenters. The van der Waals surface area contributed by atoms with E-state index in [1.807, 2.05) is 0 Å². The lowest BCUT2D eigenvalue weighted by atomic mass is 10.1. The Morgan fingerprint density at radius 1 is 1.47 bits per heavy atom. The molecule has 0 saturated heterocycles. The average molecular weight is 347 g/mol. The number of nitrogens with one attached hydrogen (secondary N) is 1. The van der Waals surface area contributed by atoms with Gasteiger partial charge in [0.15, 0.2) is 0 Å². The number of sulfonamides is 1. The zero-order valence-electron chi connectivity index (χ0n) is 10.6. The van der Waals surface area contributed by atoms with Gasteiger partial charge in [-0.2, -0.15) is 0 Å². The average Bonchev–Trinajstić information content (AvgIpc) is 2.95. The lowest BCUT2D eigenvalue weighted by molar-refractivity contribution is 0.0948. The number of nitrogens with two attached hydrogens (primary N) is 1. The highest BCUT2D eigenvalue weighted by molar-refractivity contribution is 9.10. The van der Waals surface area contributed by atoms with Crippen LogP contribution in [-0.2, 0) is 10.0 Å². The predicted octanol–water partition coefficient (Wildman–Crippen LogP) is 1.54. The summed E-state index contributed by atoms with van der Waals surface area (Å²) in [5.74, 6) is 0.215. The fourth-order valence-corrected chi connectivity index (χ4v) is 3.39. The molecule has 2 rings (SSSR count). The lowest BCUT2D eigenvalue weighted by Gasteiger charge is -2.11. The van der Waals surface area contributed by atoms with Crippen LogP contribution in [0.2, 0.25) is 0 Å². The molecule has 0 spiro atoms. The van der Waals surface area contributed by atoms with Crippen molar-refractivity contribution in [2.75, 3.05) is 0 Å². The molecule has 0 heterocycles. The molecule has 1 aliphatic carbocycles. The van der Waals surface area contributed by atoms with E-state index >= 15 is 0 Å². The van der Waals surface area contributed by atoms with Crippen LogP contribution < -0.4 is 10.5 Å². The molecule has 19 heavy (non-hydrogen) atoms. The predicted molar refractivity (Wildman–Crippen MR) is 75.3 cm³/mol. The standard InChI is InChI=1S/C12H15BrN2O3S/c1-6-3-10(6)15-12(16)9-4-8(13)5-11(7(9)2)19(14,17)18/h4-6,10H,3H2,1-2H3,(H,15,16)(H2,14,17,18). The molecule has 1 aliphatic rings. The van der Waals surface area contributed by atoms with Gasteiger partial charge in [-0.15, -0.1) is 0 Å². The molecule has 7 heteroatoms. The first-order chi connectivity index (χ1) is 8.70. The van der Waals surface area contributed by atoms with Crippen molar-refractivity contribution in [3.8, 4) is 0 Å². The van der Waals surface area contributed by atoms with E-state index in [2.05, 4.69) is 28.2 Å². The first-order valence-corrected chi connectivity index (χ1v) is 8.18. The van der Waals surface area contributed by atoms with Crippen molar-refractivity contribution in [1.29, 1.82) is 0 Å². The molecule has 1 fully saturated rings. The number of amides is 1. The van der Waals surface area contributed by atoms with E-state index in [1.165, 1.54) is 6.07 Å². The molecular weight excluding hydrogens is 332 g/mol. The Balaban J connectivity index is 2.40. The van der Waals surface area contributed by atoms with Gasteiger partial charge in [-0.3, -0.25) is 4.79 Å². The van der Waals surface area contributed by atoms with Crippen molar-refractivity contribution in [2.24, 2.45) is 11.1 Å². The molecule has 1 amide bonds. The van der Waals surface area contributed by atoms with Gasteiger partial charge in [0.1, 0.15) is 0 Å². The third kappa shape index (κ3) is 3.16. The summed E-state index contributed by atoms with van der Waals surface area (Å²) in [5, 5.41) is 8.02. The van der Waals surface area contributed by atoms with Crippen LogP contribution in [0.1, 0.15) is 29.3 Å². The Labute approximate surface area is 120 Å². The molecule has 0 bridgehead atoms. The van der Waals surface area contributed by atoms with Crippen molar-refractivity contribution in [3.63, 3.8) is 0 Å². The minimum Gasteiger partial charge on any atom is -0.349 e. The van der Waals surface area contributed by atoms with Crippen LogP contribution in [0.25, 0.3) is 0 Å². The Kier molecular flexibility index (Phi) is 3.72. The second kappa shape index (κ2) is 4.88. The first-order valence-electron chi connectivity index (χ1n) is 5.84. The molecule has 1 saturated carbocycles. The van der Waals surface area contributed by atoms with Gasteiger partial charge in [0.05, 0.1) is 4.90 Å². The molecule has 104 valence electrons. The summed E-state index contributed by atoms with van der Waals surface area (Å²) in [6.07, 6.45) is 0.959. The van der Waals surface area contributed by atoms with Gasteiger partial charge in [0.2, 0.25) is 10.0 Å². The van der Waals surface area contributed by atoms with E-state index in [-0.39, 0.29) is 16.8 Å². The summed E-state index contributed by atoms with van der Waals surface area (Å²) in [6, 6.07) is 3.19. The van der Waals surface area contributed by atoms with Gasteiger partial charge in [0, 0.05) is 16.1 Å². The van der Waals surface area contributed by atoms with Crippen LogP contribution in [0.4, 0.5) is 0 Å². The molecule has 0 aliphatic heterocycles. The molecular formula is C12H15BrN2O3S. The molecule has 1 aromatic rings. The summed E-state index contributed by atoms with van der Waals surface area (Å²) in [5.41, 5.74) is 0.703. The van der Waals surface area contributed by atoms with Crippen LogP contribution in [0, 0.1) is 12.8 Å². The van der Waals surface area contributed by atoms with Crippen LogP contribution >= 0.6 is 15.9 Å². The highest BCUT2D eigenvalue weighted by atomic mass is 79.9. The third-order valence-electron chi connectivity index (χ3n) is 3.30. The minimum atomic E-state index is -3.85. The number of primary sulfonamides is 1. The van der Waals surface area contributed by atoms with Crippen LogP contribution in [-0.4, -0.2) is 20.4 Å². The fraction of sp³-hybridized carbons (Fsp3) is 0.417. The van der Waals surface area contributed by atoms with Crippen molar-refractivity contribution < 1.29 is 13.2 Å².